The van der Waals surface area contributed by atoms with E-state index in [0.29, 0.717) is 18.7 Å². The number of carbonyl (C=O) groups excluding carboxylic acids is 1. The Morgan fingerprint density at radius 2 is 1.75 bits per heavy atom. The van der Waals surface area contributed by atoms with Gasteiger partial charge in [0.25, 0.3) is 5.91 Å². The van der Waals surface area contributed by atoms with Crippen molar-refractivity contribution in [2.75, 3.05) is 13.1 Å². The number of nitrogens with one attached hydrogen (secondary N) is 1. The van der Waals surface area contributed by atoms with Gasteiger partial charge in [0.15, 0.2) is 0 Å². The SMILES string of the molecule is O=C(c1c(F)cc(F)cc1F)N1C2CCNCC1CC2. The first-order chi connectivity index (χ1) is 9.58. The number of amides is 1. The first-order valence-electron chi connectivity index (χ1n) is 6.76. The van der Waals surface area contributed by atoms with Gasteiger partial charge in [0.2, 0.25) is 0 Å². The molecule has 2 aliphatic heterocycles. The average Bonchev–Trinajstić information content (AvgIpc) is 2.61. The minimum absolute atomic E-state index is 0.00588. The quantitative estimate of drug-likeness (QED) is 0.856. The van der Waals surface area contributed by atoms with Crippen LogP contribution in [0.5, 0.6) is 0 Å². The molecule has 2 saturated heterocycles. The molecule has 1 aromatic rings. The lowest BCUT2D eigenvalue weighted by molar-refractivity contribution is 0.0670. The number of rotatable bonds is 1. The van der Waals surface area contributed by atoms with Crippen molar-refractivity contribution in [3.05, 3.63) is 35.1 Å². The molecule has 2 fully saturated rings. The molecule has 2 aliphatic rings. The monoisotopic (exact) mass is 284 g/mol. The van der Waals surface area contributed by atoms with Gasteiger partial charge in [-0.3, -0.25) is 4.79 Å². The standard InChI is InChI=1S/C14H15F3N2O/c15-8-5-11(16)13(12(17)6-8)14(20)19-9-1-2-10(19)7-18-4-3-9/h5-6,9-10,18H,1-4,7H2. The Balaban J connectivity index is 1.96. The number of nitrogens with zero attached hydrogens (tertiary/aromatic N) is 1. The summed E-state index contributed by atoms with van der Waals surface area (Å²) in [6, 6.07) is 1.06. The van der Waals surface area contributed by atoms with Crippen LogP contribution in [-0.2, 0) is 0 Å². The van der Waals surface area contributed by atoms with Gasteiger partial charge in [-0.1, -0.05) is 0 Å². The van der Waals surface area contributed by atoms with Gasteiger partial charge >= 0.3 is 0 Å². The molecule has 6 heteroatoms. The fourth-order valence-corrected chi connectivity index (χ4v) is 3.19. The van der Waals surface area contributed by atoms with Crippen LogP contribution >= 0.6 is 0 Å². The number of hydrogen-bond acceptors (Lipinski definition) is 2. The number of hydrogen-bond donors (Lipinski definition) is 1. The molecule has 108 valence electrons. The van der Waals surface area contributed by atoms with Crippen molar-refractivity contribution in [1.82, 2.24) is 10.2 Å². The second-order valence-corrected chi connectivity index (χ2v) is 5.33. The van der Waals surface area contributed by atoms with Gasteiger partial charge in [-0.2, -0.15) is 0 Å². The molecule has 1 amide bonds. The fourth-order valence-electron chi connectivity index (χ4n) is 3.19. The summed E-state index contributed by atoms with van der Waals surface area (Å²) in [6.45, 7) is 1.42. The van der Waals surface area contributed by atoms with E-state index >= 15 is 0 Å². The number of carbonyl (C=O) groups is 1. The lowest BCUT2D eigenvalue weighted by Gasteiger charge is -2.28. The number of halogens is 3. The van der Waals surface area contributed by atoms with E-state index in [0.717, 1.165) is 25.8 Å². The Bertz CT molecular complexity index is 512. The first kappa shape index (κ1) is 13.4. The van der Waals surface area contributed by atoms with Crippen LogP contribution in [0.4, 0.5) is 13.2 Å². The van der Waals surface area contributed by atoms with Gasteiger partial charge < -0.3 is 10.2 Å². The molecule has 0 radical (unpaired) electrons. The summed E-state index contributed by atoms with van der Waals surface area (Å²) in [6.07, 6.45) is 2.45. The van der Waals surface area contributed by atoms with E-state index in [2.05, 4.69) is 5.32 Å². The summed E-state index contributed by atoms with van der Waals surface area (Å²) in [5.74, 6) is -3.96. The molecule has 20 heavy (non-hydrogen) atoms. The van der Waals surface area contributed by atoms with Gasteiger partial charge in [0, 0.05) is 30.8 Å². The third-order valence-electron chi connectivity index (χ3n) is 4.11. The number of fused-ring (bicyclic) bond motifs is 2. The zero-order valence-corrected chi connectivity index (χ0v) is 10.8. The van der Waals surface area contributed by atoms with E-state index in [9.17, 15) is 18.0 Å². The van der Waals surface area contributed by atoms with Gasteiger partial charge in [0.05, 0.1) is 0 Å². The molecule has 0 aromatic heterocycles. The highest BCUT2D eigenvalue weighted by Gasteiger charge is 2.40. The van der Waals surface area contributed by atoms with Gasteiger partial charge in [-0.25, -0.2) is 13.2 Å². The fraction of sp³-hybridized carbons (Fsp3) is 0.500. The lowest BCUT2D eigenvalue weighted by Crippen LogP contribution is -2.43. The van der Waals surface area contributed by atoms with Gasteiger partial charge in [0.1, 0.15) is 23.0 Å². The van der Waals surface area contributed by atoms with Crippen molar-refractivity contribution in [3.8, 4) is 0 Å². The van der Waals surface area contributed by atoms with Crippen molar-refractivity contribution in [2.24, 2.45) is 0 Å². The Morgan fingerprint density at radius 3 is 2.45 bits per heavy atom. The highest BCUT2D eigenvalue weighted by atomic mass is 19.1. The normalized spacial score (nSPS) is 25.6. The third kappa shape index (κ3) is 2.18. The minimum atomic E-state index is -1.14. The number of benzene rings is 1. The minimum Gasteiger partial charge on any atom is -0.331 e. The van der Waals surface area contributed by atoms with E-state index in [1.165, 1.54) is 0 Å². The van der Waals surface area contributed by atoms with Crippen LogP contribution in [0, 0.1) is 17.5 Å². The predicted molar refractivity (Wildman–Crippen MR) is 66.8 cm³/mol. The van der Waals surface area contributed by atoms with Gasteiger partial charge in [-0.15, -0.1) is 0 Å². The first-order valence-corrected chi connectivity index (χ1v) is 6.76. The average molecular weight is 284 g/mol. The van der Waals surface area contributed by atoms with Crippen molar-refractivity contribution in [2.45, 2.75) is 31.3 Å². The van der Waals surface area contributed by atoms with Crippen molar-refractivity contribution < 1.29 is 18.0 Å². The topological polar surface area (TPSA) is 32.3 Å². The largest absolute Gasteiger partial charge is 0.331 e. The molecule has 2 atom stereocenters. The maximum atomic E-state index is 13.7. The Kier molecular flexibility index (Phi) is 3.41. The molecule has 1 N–H and O–H groups in total. The summed E-state index contributed by atoms with van der Waals surface area (Å²) >= 11 is 0. The maximum absolute atomic E-state index is 13.7. The zero-order valence-electron chi connectivity index (χ0n) is 10.8. The second kappa shape index (κ2) is 5.09. The van der Waals surface area contributed by atoms with Crippen LogP contribution in [0.25, 0.3) is 0 Å². The van der Waals surface area contributed by atoms with Crippen LogP contribution in [-0.4, -0.2) is 36.0 Å². The summed E-state index contributed by atoms with van der Waals surface area (Å²) in [7, 11) is 0. The maximum Gasteiger partial charge on any atom is 0.260 e. The smallest absolute Gasteiger partial charge is 0.260 e. The summed E-state index contributed by atoms with van der Waals surface area (Å²) in [5, 5.41) is 3.21. The molecule has 2 heterocycles. The molecule has 0 spiro atoms. The molecule has 2 unspecified atom stereocenters. The molecule has 0 saturated carbocycles. The van der Waals surface area contributed by atoms with Crippen LogP contribution in [0.1, 0.15) is 29.6 Å². The van der Waals surface area contributed by atoms with E-state index in [-0.39, 0.29) is 12.1 Å². The molecule has 3 nitrogen and oxygen atoms in total. The van der Waals surface area contributed by atoms with E-state index < -0.39 is 28.9 Å². The molecular weight excluding hydrogens is 269 g/mol. The Morgan fingerprint density at radius 1 is 1.10 bits per heavy atom. The Hall–Kier alpha value is -1.56. The zero-order chi connectivity index (χ0) is 14.3. The van der Waals surface area contributed by atoms with Crippen LogP contribution in [0.15, 0.2) is 12.1 Å². The highest BCUT2D eigenvalue weighted by Crippen LogP contribution is 2.30. The second-order valence-electron chi connectivity index (χ2n) is 5.33. The van der Waals surface area contributed by atoms with E-state index in [1.54, 1.807) is 4.90 Å². The van der Waals surface area contributed by atoms with Crippen LogP contribution < -0.4 is 5.32 Å². The molecule has 0 aliphatic carbocycles. The van der Waals surface area contributed by atoms with Crippen molar-refractivity contribution in [3.63, 3.8) is 0 Å². The molecule has 3 rings (SSSR count). The Labute approximate surface area is 114 Å². The van der Waals surface area contributed by atoms with Crippen LogP contribution in [0.3, 0.4) is 0 Å². The predicted octanol–water partition coefficient (Wildman–Crippen LogP) is 2.07. The van der Waals surface area contributed by atoms with E-state index in [4.69, 9.17) is 0 Å². The van der Waals surface area contributed by atoms with Gasteiger partial charge in [-0.05, 0) is 25.8 Å². The van der Waals surface area contributed by atoms with E-state index in [1.807, 2.05) is 0 Å². The highest BCUT2D eigenvalue weighted by molar-refractivity contribution is 5.95. The lowest BCUT2D eigenvalue weighted by atomic mass is 10.1. The van der Waals surface area contributed by atoms with Crippen molar-refractivity contribution >= 4 is 5.91 Å². The third-order valence-corrected chi connectivity index (χ3v) is 4.11. The molecular formula is C14H15F3N2O. The summed E-state index contributed by atoms with van der Waals surface area (Å²) < 4.78 is 40.4. The van der Waals surface area contributed by atoms with Crippen LogP contribution in [0.2, 0.25) is 0 Å². The molecule has 2 bridgehead atoms. The summed E-state index contributed by atoms with van der Waals surface area (Å²) in [5.41, 5.74) is -0.648. The molecule has 1 aromatic carbocycles. The summed E-state index contributed by atoms with van der Waals surface area (Å²) in [4.78, 5) is 14.0. The van der Waals surface area contributed by atoms with Crippen molar-refractivity contribution in [1.29, 1.82) is 0 Å².